The molecule has 0 bridgehead atoms. The summed E-state index contributed by atoms with van der Waals surface area (Å²) in [7, 11) is 1.73. The van der Waals surface area contributed by atoms with Crippen molar-refractivity contribution >= 4 is 11.7 Å². The Hall–Kier alpha value is -1.56. The first-order valence-electron chi connectivity index (χ1n) is 5.43. The van der Waals surface area contributed by atoms with Crippen LogP contribution in [0.1, 0.15) is 29.8 Å². The largest absolute Gasteiger partial charge is 0.391 e. The monoisotopic (exact) mass is 224 g/mol. The normalized spacial score (nSPS) is 24.4. The Kier molecular flexibility index (Phi) is 3.09. The number of aliphatic hydroxyl groups excluding tert-OH is 1. The molecule has 1 fully saturated rings. The molecule has 1 heterocycles. The van der Waals surface area contributed by atoms with Gasteiger partial charge in [-0.25, -0.2) is 0 Å². The predicted octanol–water partition coefficient (Wildman–Crippen LogP) is 0.0946. The van der Waals surface area contributed by atoms with E-state index < -0.39 is 6.10 Å². The number of H-pyrrole nitrogens is 1. The molecule has 0 unspecified atom stereocenters. The van der Waals surface area contributed by atoms with Gasteiger partial charge in [-0.3, -0.25) is 9.89 Å². The Balaban J connectivity index is 1.97. The highest BCUT2D eigenvalue weighted by atomic mass is 16.3. The molecule has 0 spiro atoms. The molecule has 0 aliphatic heterocycles. The zero-order valence-electron chi connectivity index (χ0n) is 9.16. The molecule has 1 aromatic heterocycles. The highest BCUT2D eigenvalue weighted by Crippen LogP contribution is 2.19. The molecule has 6 heteroatoms. The van der Waals surface area contributed by atoms with Crippen molar-refractivity contribution in [1.29, 1.82) is 0 Å². The number of nitrogens with zero attached hydrogens (tertiary/aromatic N) is 1. The predicted molar refractivity (Wildman–Crippen MR) is 59.2 cm³/mol. The molecule has 4 N–H and O–H groups in total. The average molecular weight is 224 g/mol. The number of nitrogens with one attached hydrogen (secondary N) is 3. The summed E-state index contributed by atoms with van der Waals surface area (Å²) < 4.78 is 0. The summed E-state index contributed by atoms with van der Waals surface area (Å²) >= 11 is 0. The minimum Gasteiger partial charge on any atom is -0.391 e. The molecule has 0 saturated heterocycles. The first-order chi connectivity index (χ1) is 7.70. The lowest BCUT2D eigenvalue weighted by atomic mass is 10.2. The number of amides is 1. The van der Waals surface area contributed by atoms with E-state index in [0.29, 0.717) is 11.5 Å². The minimum atomic E-state index is -0.421. The third kappa shape index (κ3) is 2.16. The van der Waals surface area contributed by atoms with Crippen LogP contribution in [0.3, 0.4) is 0 Å². The molecule has 2 rings (SSSR count). The Labute approximate surface area is 93.4 Å². The van der Waals surface area contributed by atoms with Gasteiger partial charge in [-0.05, 0) is 19.3 Å². The highest BCUT2D eigenvalue weighted by Gasteiger charge is 2.27. The van der Waals surface area contributed by atoms with Crippen LogP contribution < -0.4 is 10.6 Å². The minimum absolute atomic E-state index is 0.131. The number of aromatic nitrogens is 2. The van der Waals surface area contributed by atoms with Crippen molar-refractivity contribution in [2.24, 2.45) is 0 Å². The Morgan fingerprint density at radius 2 is 2.44 bits per heavy atom. The van der Waals surface area contributed by atoms with Crippen LogP contribution in [0.4, 0.5) is 5.82 Å². The molecule has 1 aliphatic carbocycles. The van der Waals surface area contributed by atoms with Crippen LogP contribution in [0.15, 0.2) is 6.07 Å². The number of aliphatic hydroxyl groups is 1. The van der Waals surface area contributed by atoms with Gasteiger partial charge in [0, 0.05) is 13.1 Å². The van der Waals surface area contributed by atoms with Crippen molar-refractivity contribution in [3.05, 3.63) is 11.8 Å². The fourth-order valence-electron chi connectivity index (χ4n) is 1.92. The molecule has 0 aromatic carbocycles. The van der Waals surface area contributed by atoms with Crippen LogP contribution >= 0.6 is 0 Å². The quantitative estimate of drug-likeness (QED) is 0.586. The third-order valence-corrected chi connectivity index (χ3v) is 2.87. The number of carbonyl (C=O) groups excluding carboxylic acids is 1. The summed E-state index contributed by atoms with van der Waals surface area (Å²) in [6, 6.07) is 1.50. The molecule has 1 saturated carbocycles. The van der Waals surface area contributed by atoms with Crippen molar-refractivity contribution < 1.29 is 9.90 Å². The number of anilines is 1. The van der Waals surface area contributed by atoms with Gasteiger partial charge >= 0.3 is 0 Å². The van der Waals surface area contributed by atoms with Crippen LogP contribution in [0.2, 0.25) is 0 Å². The lowest BCUT2D eigenvalue weighted by molar-refractivity contribution is 0.0868. The Morgan fingerprint density at radius 1 is 1.62 bits per heavy atom. The van der Waals surface area contributed by atoms with Gasteiger partial charge in [0.05, 0.1) is 12.1 Å². The zero-order chi connectivity index (χ0) is 11.5. The van der Waals surface area contributed by atoms with Crippen molar-refractivity contribution in [2.45, 2.75) is 31.4 Å². The Bertz CT molecular complexity index is 377. The zero-order valence-corrected chi connectivity index (χ0v) is 9.16. The maximum atomic E-state index is 11.8. The molecule has 1 aromatic rings. The second kappa shape index (κ2) is 4.52. The molecule has 16 heavy (non-hydrogen) atoms. The number of hydrogen-bond donors (Lipinski definition) is 4. The molecule has 1 amide bonds. The van der Waals surface area contributed by atoms with E-state index >= 15 is 0 Å². The number of hydrogen-bond acceptors (Lipinski definition) is 4. The molecule has 0 radical (unpaired) electrons. The standard InChI is InChI=1S/C10H16N4O2/c1-11-9-5-7(13-14-9)10(16)12-6-3-2-4-8(6)15/h5-6,8,15H,2-4H2,1H3,(H,12,16)(H2,11,13,14)/t6-,8-/m0/s1. The van der Waals surface area contributed by atoms with Crippen LogP contribution in [0, 0.1) is 0 Å². The van der Waals surface area contributed by atoms with Gasteiger partial charge < -0.3 is 15.7 Å². The molecule has 88 valence electrons. The summed E-state index contributed by atoms with van der Waals surface area (Å²) in [6.45, 7) is 0. The first-order valence-corrected chi connectivity index (χ1v) is 5.43. The van der Waals surface area contributed by atoms with E-state index in [1.165, 1.54) is 0 Å². The van der Waals surface area contributed by atoms with Gasteiger partial charge in [-0.1, -0.05) is 0 Å². The van der Waals surface area contributed by atoms with Gasteiger partial charge in [-0.2, -0.15) is 5.10 Å². The summed E-state index contributed by atoms with van der Waals surface area (Å²) in [4.78, 5) is 11.8. The van der Waals surface area contributed by atoms with Gasteiger partial charge in [0.2, 0.25) is 0 Å². The van der Waals surface area contributed by atoms with E-state index in [4.69, 9.17) is 0 Å². The molecular weight excluding hydrogens is 208 g/mol. The van der Waals surface area contributed by atoms with E-state index in [0.717, 1.165) is 19.3 Å². The van der Waals surface area contributed by atoms with Gasteiger partial charge in [0.1, 0.15) is 11.5 Å². The lowest BCUT2D eigenvalue weighted by Crippen LogP contribution is -2.39. The molecule has 1 aliphatic rings. The van der Waals surface area contributed by atoms with Crippen molar-refractivity contribution in [2.75, 3.05) is 12.4 Å². The SMILES string of the molecule is CNc1cc(C(=O)N[C@H]2CCC[C@@H]2O)[nH]n1. The number of carbonyl (C=O) groups is 1. The van der Waals surface area contributed by atoms with Crippen molar-refractivity contribution in [3.63, 3.8) is 0 Å². The van der Waals surface area contributed by atoms with Crippen LogP contribution in [-0.2, 0) is 0 Å². The van der Waals surface area contributed by atoms with E-state index in [2.05, 4.69) is 20.8 Å². The van der Waals surface area contributed by atoms with E-state index in [1.807, 2.05) is 0 Å². The second-order valence-corrected chi connectivity index (χ2v) is 4.00. The maximum absolute atomic E-state index is 11.8. The fraction of sp³-hybridized carbons (Fsp3) is 0.600. The van der Waals surface area contributed by atoms with E-state index in [-0.39, 0.29) is 11.9 Å². The highest BCUT2D eigenvalue weighted by molar-refractivity contribution is 5.93. The summed E-state index contributed by atoms with van der Waals surface area (Å²) in [6.07, 6.45) is 2.13. The van der Waals surface area contributed by atoms with Crippen molar-refractivity contribution in [1.82, 2.24) is 15.5 Å². The summed E-state index contributed by atoms with van der Waals surface area (Å²) in [5, 5.41) is 21.7. The fourth-order valence-corrected chi connectivity index (χ4v) is 1.92. The van der Waals surface area contributed by atoms with Crippen LogP contribution in [0.25, 0.3) is 0 Å². The van der Waals surface area contributed by atoms with E-state index in [1.54, 1.807) is 13.1 Å². The molecular formula is C10H16N4O2. The second-order valence-electron chi connectivity index (χ2n) is 4.00. The smallest absolute Gasteiger partial charge is 0.269 e. The maximum Gasteiger partial charge on any atom is 0.269 e. The lowest BCUT2D eigenvalue weighted by Gasteiger charge is -2.15. The molecule has 6 nitrogen and oxygen atoms in total. The molecule has 2 atom stereocenters. The topological polar surface area (TPSA) is 90.0 Å². The van der Waals surface area contributed by atoms with Gasteiger partial charge in [0.25, 0.3) is 5.91 Å². The van der Waals surface area contributed by atoms with Crippen LogP contribution in [-0.4, -0.2) is 40.4 Å². The first kappa shape index (κ1) is 10.9. The number of rotatable bonds is 3. The summed E-state index contributed by atoms with van der Waals surface area (Å²) in [5.74, 6) is 0.400. The van der Waals surface area contributed by atoms with E-state index in [9.17, 15) is 9.90 Å². The third-order valence-electron chi connectivity index (χ3n) is 2.87. The van der Waals surface area contributed by atoms with Gasteiger partial charge in [-0.15, -0.1) is 0 Å². The van der Waals surface area contributed by atoms with Gasteiger partial charge in [0.15, 0.2) is 0 Å². The average Bonchev–Trinajstić information content (AvgIpc) is 2.88. The summed E-state index contributed by atoms with van der Waals surface area (Å²) in [5.41, 5.74) is 0.406. The van der Waals surface area contributed by atoms with Crippen LogP contribution in [0.5, 0.6) is 0 Å². The van der Waals surface area contributed by atoms with Crippen molar-refractivity contribution in [3.8, 4) is 0 Å². The number of aromatic amines is 1. The Morgan fingerprint density at radius 3 is 3.00 bits per heavy atom.